The third-order valence-electron chi connectivity index (χ3n) is 4.22. The van der Waals surface area contributed by atoms with Crippen molar-refractivity contribution in [2.45, 2.75) is 70.4 Å². The highest BCUT2D eigenvalue weighted by molar-refractivity contribution is 6.30. The van der Waals surface area contributed by atoms with Gasteiger partial charge in [0, 0.05) is 17.1 Å². The summed E-state index contributed by atoms with van der Waals surface area (Å²) in [6, 6.07) is 9.49. The second-order valence-electron chi connectivity index (χ2n) is 5.72. The Balaban J connectivity index is 1.95. The van der Waals surface area contributed by atoms with E-state index in [1.165, 1.54) is 50.5 Å². The highest BCUT2D eigenvalue weighted by atomic mass is 35.5. The molecule has 1 N–H and O–H groups in total. The monoisotopic (exact) mass is 279 g/mol. The van der Waals surface area contributed by atoms with Gasteiger partial charge >= 0.3 is 0 Å². The van der Waals surface area contributed by atoms with Crippen molar-refractivity contribution in [2.75, 3.05) is 0 Å². The lowest BCUT2D eigenvalue weighted by Gasteiger charge is -2.27. The normalized spacial score (nSPS) is 19.7. The molecule has 0 heterocycles. The lowest BCUT2D eigenvalue weighted by Crippen LogP contribution is -2.33. The quantitative estimate of drug-likeness (QED) is 0.768. The minimum absolute atomic E-state index is 0.474. The van der Waals surface area contributed by atoms with Crippen LogP contribution in [0.25, 0.3) is 0 Å². The molecule has 0 radical (unpaired) electrons. The van der Waals surface area contributed by atoms with Crippen LogP contribution in [-0.4, -0.2) is 6.04 Å². The molecule has 1 nitrogen and oxygen atoms in total. The molecule has 2 rings (SSSR count). The molecule has 19 heavy (non-hydrogen) atoms. The molecule has 0 spiro atoms. The molecule has 0 aliphatic heterocycles. The zero-order valence-corrected chi connectivity index (χ0v) is 12.8. The standard InChI is InChI=1S/C17H26ClN/c1-2-17(14-10-12-15(18)13-11-14)19-16-8-6-4-3-5-7-9-16/h10-13,16-17,19H,2-9H2,1H3. The third-order valence-corrected chi connectivity index (χ3v) is 4.47. The van der Waals surface area contributed by atoms with Gasteiger partial charge in [0.25, 0.3) is 0 Å². The Labute approximate surface area is 122 Å². The van der Waals surface area contributed by atoms with E-state index in [0.717, 1.165) is 11.4 Å². The molecule has 1 aliphatic rings. The summed E-state index contributed by atoms with van der Waals surface area (Å²) < 4.78 is 0. The SMILES string of the molecule is CCC(NC1CCCCCCC1)c1ccc(Cl)cc1. The van der Waals surface area contributed by atoms with Crippen molar-refractivity contribution in [3.63, 3.8) is 0 Å². The number of hydrogen-bond donors (Lipinski definition) is 1. The van der Waals surface area contributed by atoms with Gasteiger partial charge in [0.2, 0.25) is 0 Å². The highest BCUT2D eigenvalue weighted by Crippen LogP contribution is 2.23. The van der Waals surface area contributed by atoms with E-state index < -0.39 is 0 Å². The lowest BCUT2D eigenvalue weighted by molar-refractivity contribution is 0.349. The average molecular weight is 280 g/mol. The molecule has 1 aliphatic carbocycles. The van der Waals surface area contributed by atoms with E-state index in [-0.39, 0.29) is 0 Å². The zero-order chi connectivity index (χ0) is 13.5. The van der Waals surface area contributed by atoms with Crippen LogP contribution in [0.3, 0.4) is 0 Å². The second kappa shape index (κ2) is 7.91. The van der Waals surface area contributed by atoms with Crippen molar-refractivity contribution in [1.29, 1.82) is 0 Å². The van der Waals surface area contributed by atoms with Gasteiger partial charge in [-0.3, -0.25) is 0 Å². The zero-order valence-electron chi connectivity index (χ0n) is 12.0. The van der Waals surface area contributed by atoms with Crippen molar-refractivity contribution < 1.29 is 0 Å². The Morgan fingerprint density at radius 2 is 1.63 bits per heavy atom. The van der Waals surface area contributed by atoms with Crippen molar-refractivity contribution in [3.8, 4) is 0 Å². The topological polar surface area (TPSA) is 12.0 Å². The first-order chi connectivity index (χ1) is 9.29. The molecule has 106 valence electrons. The summed E-state index contributed by atoms with van der Waals surface area (Å²) in [5, 5.41) is 4.69. The maximum Gasteiger partial charge on any atom is 0.0406 e. The van der Waals surface area contributed by atoms with Crippen LogP contribution in [0.5, 0.6) is 0 Å². The van der Waals surface area contributed by atoms with E-state index in [1.54, 1.807) is 0 Å². The van der Waals surface area contributed by atoms with E-state index in [1.807, 2.05) is 12.1 Å². The van der Waals surface area contributed by atoms with Gasteiger partial charge in [-0.25, -0.2) is 0 Å². The van der Waals surface area contributed by atoms with Crippen LogP contribution in [0.4, 0.5) is 0 Å². The van der Waals surface area contributed by atoms with E-state index in [2.05, 4.69) is 24.4 Å². The van der Waals surface area contributed by atoms with Gasteiger partial charge in [0.1, 0.15) is 0 Å². The summed E-state index contributed by atoms with van der Waals surface area (Å²) in [5.41, 5.74) is 1.37. The molecule has 0 bridgehead atoms. The Hall–Kier alpha value is -0.530. The van der Waals surface area contributed by atoms with Gasteiger partial charge in [-0.15, -0.1) is 0 Å². The summed E-state index contributed by atoms with van der Waals surface area (Å²) >= 11 is 5.97. The number of hydrogen-bond acceptors (Lipinski definition) is 1. The number of rotatable bonds is 4. The number of benzene rings is 1. The molecule has 0 aromatic heterocycles. The summed E-state index contributed by atoms with van der Waals surface area (Å²) in [6.45, 7) is 2.26. The maximum atomic E-state index is 5.97. The Morgan fingerprint density at radius 3 is 2.21 bits per heavy atom. The van der Waals surface area contributed by atoms with Crippen LogP contribution in [0.2, 0.25) is 5.02 Å². The fourth-order valence-corrected chi connectivity index (χ4v) is 3.18. The van der Waals surface area contributed by atoms with Crippen LogP contribution in [-0.2, 0) is 0 Å². The van der Waals surface area contributed by atoms with Crippen molar-refractivity contribution in [2.24, 2.45) is 0 Å². The van der Waals surface area contributed by atoms with Crippen LogP contribution >= 0.6 is 11.6 Å². The van der Waals surface area contributed by atoms with Gasteiger partial charge in [-0.2, -0.15) is 0 Å². The van der Waals surface area contributed by atoms with E-state index >= 15 is 0 Å². The van der Waals surface area contributed by atoms with Crippen LogP contribution in [0, 0.1) is 0 Å². The summed E-state index contributed by atoms with van der Waals surface area (Å²) in [4.78, 5) is 0. The van der Waals surface area contributed by atoms with Crippen LogP contribution < -0.4 is 5.32 Å². The molecule has 2 heteroatoms. The highest BCUT2D eigenvalue weighted by Gasteiger charge is 2.16. The summed E-state index contributed by atoms with van der Waals surface area (Å²) in [5.74, 6) is 0. The predicted octanol–water partition coefficient (Wildman–Crippen LogP) is 5.49. The van der Waals surface area contributed by atoms with Crippen LogP contribution in [0.15, 0.2) is 24.3 Å². The Kier molecular flexibility index (Phi) is 6.19. The molecule has 1 unspecified atom stereocenters. The molecule has 1 aromatic carbocycles. The van der Waals surface area contributed by atoms with Gasteiger partial charge in [-0.05, 0) is 37.0 Å². The molecule has 0 amide bonds. The second-order valence-corrected chi connectivity index (χ2v) is 6.16. The third kappa shape index (κ3) is 4.81. The first kappa shape index (κ1) is 14.9. The fraction of sp³-hybridized carbons (Fsp3) is 0.647. The van der Waals surface area contributed by atoms with E-state index in [9.17, 15) is 0 Å². The number of halogens is 1. The van der Waals surface area contributed by atoms with Crippen molar-refractivity contribution in [1.82, 2.24) is 5.32 Å². The molecule has 1 aromatic rings. The maximum absolute atomic E-state index is 5.97. The van der Waals surface area contributed by atoms with Gasteiger partial charge in [-0.1, -0.05) is 62.8 Å². The molecule has 0 saturated heterocycles. The average Bonchev–Trinajstić information content (AvgIpc) is 2.39. The van der Waals surface area contributed by atoms with Crippen LogP contribution in [0.1, 0.15) is 69.9 Å². The Morgan fingerprint density at radius 1 is 1.05 bits per heavy atom. The molecule has 1 atom stereocenters. The van der Waals surface area contributed by atoms with E-state index in [4.69, 9.17) is 11.6 Å². The van der Waals surface area contributed by atoms with Crippen molar-refractivity contribution >= 4 is 11.6 Å². The fourth-order valence-electron chi connectivity index (χ4n) is 3.05. The minimum Gasteiger partial charge on any atom is -0.307 e. The van der Waals surface area contributed by atoms with Gasteiger partial charge in [0.05, 0.1) is 0 Å². The summed E-state index contributed by atoms with van der Waals surface area (Å²) in [7, 11) is 0. The van der Waals surface area contributed by atoms with Gasteiger partial charge < -0.3 is 5.32 Å². The first-order valence-electron chi connectivity index (χ1n) is 7.81. The summed E-state index contributed by atoms with van der Waals surface area (Å²) in [6.07, 6.45) is 10.8. The minimum atomic E-state index is 0.474. The predicted molar refractivity (Wildman–Crippen MR) is 83.7 cm³/mol. The Bertz CT molecular complexity index is 352. The largest absolute Gasteiger partial charge is 0.307 e. The van der Waals surface area contributed by atoms with Crippen molar-refractivity contribution in [3.05, 3.63) is 34.9 Å². The molecular weight excluding hydrogens is 254 g/mol. The lowest BCUT2D eigenvalue weighted by atomic mass is 9.94. The molecule has 1 saturated carbocycles. The molecule has 1 fully saturated rings. The first-order valence-corrected chi connectivity index (χ1v) is 8.19. The van der Waals surface area contributed by atoms with E-state index in [0.29, 0.717) is 12.1 Å². The van der Waals surface area contributed by atoms with Gasteiger partial charge in [0.15, 0.2) is 0 Å². The number of nitrogens with one attached hydrogen (secondary N) is 1. The smallest absolute Gasteiger partial charge is 0.0406 e. The molecular formula is C17H26ClN.